The van der Waals surface area contributed by atoms with E-state index < -0.39 is 5.97 Å². The van der Waals surface area contributed by atoms with Crippen LogP contribution in [0.1, 0.15) is 10.5 Å². The Bertz CT molecular complexity index is 634. The molecule has 0 unspecified atom stereocenters. The molecule has 94 valence electrons. The van der Waals surface area contributed by atoms with Crippen LogP contribution < -0.4 is 4.74 Å². The van der Waals surface area contributed by atoms with Crippen LogP contribution >= 0.6 is 12.2 Å². The molecular formula is C10H10N4O3S. The molecule has 2 aromatic heterocycles. The number of ether oxygens (including phenoxy) is 2. The number of H-pyrrole nitrogens is 1. The Labute approximate surface area is 107 Å². The molecule has 0 aromatic carbocycles. The molecule has 0 radical (unpaired) electrons. The molecule has 0 saturated heterocycles. The molecule has 0 aliphatic rings. The van der Waals surface area contributed by atoms with Crippen LogP contribution in [0.3, 0.4) is 0 Å². The smallest absolute Gasteiger partial charge is 0.356 e. The number of imidazole rings is 1. The zero-order valence-corrected chi connectivity index (χ0v) is 10.5. The molecule has 2 heterocycles. The number of rotatable bonds is 3. The van der Waals surface area contributed by atoms with Crippen LogP contribution in [0, 0.1) is 4.77 Å². The summed E-state index contributed by atoms with van der Waals surface area (Å²) in [5.41, 5.74) is 0.250. The Morgan fingerprint density at radius 2 is 2.28 bits per heavy atom. The summed E-state index contributed by atoms with van der Waals surface area (Å²) in [6.45, 7) is 0. The van der Waals surface area contributed by atoms with Crippen LogP contribution in [-0.2, 0) is 4.74 Å². The third-order valence-electron chi connectivity index (χ3n) is 2.17. The number of nitrogens with zero attached hydrogens (tertiary/aromatic N) is 3. The Morgan fingerprint density at radius 1 is 1.50 bits per heavy atom. The van der Waals surface area contributed by atoms with Gasteiger partial charge in [-0.05, 0) is 12.2 Å². The van der Waals surface area contributed by atoms with Crippen molar-refractivity contribution in [3.8, 4) is 11.8 Å². The van der Waals surface area contributed by atoms with E-state index in [9.17, 15) is 4.79 Å². The molecule has 0 aliphatic heterocycles. The lowest BCUT2D eigenvalue weighted by molar-refractivity contribution is 0.0594. The summed E-state index contributed by atoms with van der Waals surface area (Å²) in [6, 6.07) is 1.86. The first-order chi connectivity index (χ1) is 8.65. The fraction of sp³-hybridized carbons (Fsp3) is 0.200. The highest BCUT2D eigenvalue weighted by Crippen LogP contribution is 2.10. The van der Waals surface area contributed by atoms with Gasteiger partial charge < -0.3 is 14.5 Å². The normalized spacial score (nSPS) is 10.1. The number of hydrogen-bond acceptors (Lipinski definition) is 6. The number of nitrogens with one attached hydrogen (secondary N) is 1. The minimum atomic E-state index is -0.499. The largest absolute Gasteiger partial charge is 0.467 e. The molecule has 18 heavy (non-hydrogen) atoms. The van der Waals surface area contributed by atoms with E-state index in [1.807, 2.05) is 0 Å². The van der Waals surface area contributed by atoms with Gasteiger partial charge in [-0.15, -0.1) is 0 Å². The standard InChI is InChI=1S/C10H10N4O3S/c1-16-8(15)6-5-14(10(18)12-6)7-3-4-11-9(13-7)17-2/h3-5H,1-2H3,(H,12,18). The number of esters is 1. The van der Waals surface area contributed by atoms with Gasteiger partial charge >= 0.3 is 12.0 Å². The summed E-state index contributed by atoms with van der Waals surface area (Å²) in [5, 5.41) is 0. The molecule has 0 fully saturated rings. The summed E-state index contributed by atoms with van der Waals surface area (Å²) < 4.78 is 11.4. The molecule has 8 heteroatoms. The second-order valence-electron chi connectivity index (χ2n) is 3.24. The molecule has 0 saturated carbocycles. The number of aromatic nitrogens is 4. The van der Waals surface area contributed by atoms with E-state index in [-0.39, 0.29) is 11.7 Å². The maximum absolute atomic E-state index is 11.4. The van der Waals surface area contributed by atoms with Crippen molar-refractivity contribution in [2.75, 3.05) is 14.2 Å². The highest BCUT2D eigenvalue weighted by Gasteiger charge is 2.11. The van der Waals surface area contributed by atoms with Crippen LogP contribution in [0.15, 0.2) is 18.5 Å². The van der Waals surface area contributed by atoms with Gasteiger partial charge in [-0.25, -0.2) is 9.78 Å². The Morgan fingerprint density at radius 3 is 2.94 bits per heavy atom. The highest BCUT2D eigenvalue weighted by atomic mass is 32.1. The SMILES string of the molecule is COC(=O)c1cn(-c2ccnc(OC)n2)c(=S)[nH]1. The topological polar surface area (TPSA) is 82.0 Å². The van der Waals surface area contributed by atoms with E-state index in [0.29, 0.717) is 10.6 Å². The Kier molecular flexibility index (Phi) is 3.38. The van der Waals surface area contributed by atoms with Crippen molar-refractivity contribution in [1.82, 2.24) is 19.5 Å². The van der Waals surface area contributed by atoms with E-state index >= 15 is 0 Å². The predicted molar refractivity (Wildman–Crippen MR) is 64.4 cm³/mol. The first-order valence-electron chi connectivity index (χ1n) is 4.93. The molecule has 2 aromatic rings. The Balaban J connectivity index is 2.47. The van der Waals surface area contributed by atoms with Gasteiger partial charge in [0.2, 0.25) is 0 Å². The summed E-state index contributed by atoms with van der Waals surface area (Å²) in [6.07, 6.45) is 3.05. The molecular weight excluding hydrogens is 256 g/mol. The first-order valence-corrected chi connectivity index (χ1v) is 5.34. The third-order valence-corrected chi connectivity index (χ3v) is 2.47. The van der Waals surface area contributed by atoms with Gasteiger partial charge in [0, 0.05) is 18.5 Å². The van der Waals surface area contributed by atoms with E-state index in [1.165, 1.54) is 31.2 Å². The molecule has 1 N–H and O–H groups in total. The van der Waals surface area contributed by atoms with Crippen molar-refractivity contribution in [2.24, 2.45) is 0 Å². The van der Waals surface area contributed by atoms with Crippen molar-refractivity contribution in [3.63, 3.8) is 0 Å². The van der Waals surface area contributed by atoms with Crippen LogP contribution in [0.25, 0.3) is 5.82 Å². The quantitative estimate of drug-likeness (QED) is 0.662. The second kappa shape index (κ2) is 4.96. The number of carbonyl (C=O) groups excluding carboxylic acids is 1. The first kappa shape index (κ1) is 12.2. The van der Waals surface area contributed by atoms with Gasteiger partial charge in [-0.3, -0.25) is 4.57 Å². The van der Waals surface area contributed by atoms with Crippen molar-refractivity contribution < 1.29 is 14.3 Å². The van der Waals surface area contributed by atoms with E-state index in [2.05, 4.69) is 19.7 Å². The molecule has 0 aliphatic carbocycles. The predicted octanol–water partition coefficient (Wildman–Crippen LogP) is 1.12. The molecule has 0 atom stereocenters. The molecule has 0 bridgehead atoms. The minimum absolute atomic E-state index is 0.218. The van der Waals surface area contributed by atoms with Gasteiger partial charge in [-0.2, -0.15) is 4.98 Å². The van der Waals surface area contributed by atoms with Crippen molar-refractivity contribution >= 4 is 18.2 Å². The fourth-order valence-electron chi connectivity index (χ4n) is 1.34. The molecule has 7 nitrogen and oxygen atoms in total. The highest BCUT2D eigenvalue weighted by molar-refractivity contribution is 7.71. The summed E-state index contributed by atoms with van der Waals surface area (Å²) in [5.74, 6) is -0.000811. The van der Waals surface area contributed by atoms with E-state index in [0.717, 1.165) is 0 Å². The zero-order chi connectivity index (χ0) is 13.1. The second-order valence-corrected chi connectivity index (χ2v) is 3.62. The van der Waals surface area contributed by atoms with Crippen molar-refractivity contribution in [3.05, 3.63) is 28.9 Å². The lowest BCUT2D eigenvalue weighted by Gasteiger charge is -2.02. The third kappa shape index (κ3) is 2.23. The summed E-state index contributed by atoms with van der Waals surface area (Å²) >= 11 is 5.10. The van der Waals surface area contributed by atoms with Gasteiger partial charge in [0.1, 0.15) is 11.5 Å². The van der Waals surface area contributed by atoms with Crippen LogP contribution in [0.5, 0.6) is 6.01 Å². The van der Waals surface area contributed by atoms with Crippen LogP contribution in [0.2, 0.25) is 0 Å². The zero-order valence-electron chi connectivity index (χ0n) is 9.71. The molecule has 0 spiro atoms. The van der Waals surface area contributed by atoms with E-state index in [1.54, 1.807) is 6.07 Å². The van der Waals surface area contributed by atoms with Crippen LogP contribution in [-0.4, -0.2) is 39.7 Å². The maximum atomic E-state index is 11.4. The summed E-state index contributed by atoms with van der Waals surface area (Å²) in [4.78, 5) is 22.1. The lowest BCUT2D eigenvalue weighted by Crippen LogP contribution is -2.01. The molecule has 2 rings (SSSR count). The number of methoxy groups -OCH3 is 2. The number of hydrogen-bond donors (Lipinski definition) is 1. The van der Waals surface area contributed by atoms with Crippen molar-refractivity contribution in [1.29, 1.82) is 0 Å². The average Bonchev–Trinajstić information content (AvgIpc) is 2.80. The Hall–Kier alpha value is -2.22. The van der Waals surface area contributed by atoms with E-state index in [4.69, 9.17) is 17.0 Å². The molecule has 0 amide bonds. The van der Waals surface area contributed by atoms with Gasteiger partial charge in [0.05, 0.1) is 14.2 Å². The monoisotopic (exact) mass is 266 g/mol. The fourth-order valence-corrected chi connectivity index (χ4v) is 1.60. The van der Waals surface area contributed by atoms with Gasteiger partial charge in [-0.1, -0.05) is 0 Å². The van der Waals surface area contributed by atoms with Gasteiger partial charge in [0.15, 0.2) is 4.77 Å². The number of aromatic amines is 1. The maximum Gasteiger partial charge on any atom is 0.356 e. The summed E-state index contributed by atoms with van der Waals surface area (Å²) in [7, 11) is 2.76. The van der Waals surface area contributed by atoms with Gasteiger partial charge in [0.25, 0.3) is 0 Å². The van der Waals surface area contributed by atoms with Crippen LogP contribution in [0.4, 0.5) is 0 Å². The van der Waals surface area contributed by atoms with Crippen molar-refractivity contribution in [2.45, 2.75) is 0 Å². The average molecular weight is 266 g/mol. The number of carbonyl (C=O) groups is 1. The minimum Gasteiger partial charge on any atom is -0.467 e. The lowest BCUT2D eigenvalue weighted by atomic mass is 10.5.